The number of amides is 2. The van der Waals surface area contributed by atoms with Crippen molar-refractivity contribution < 1.29 is 34.5 Å². The summed E-state index contributed by atoms with van der Waals surface area (Å²) in [5.41, 5.74) is 1.28. The molecule has 33 heavy (non-hydrogen) atoms. The van der Waals surface area contributed by atoms with Crippen LogP contribution in [0.5, 0.6) is 11.8 Å². The molecule has 10 heteroatoms. The topological polar surface area (TPSA) is 142 Å². The number of nitrogens with zero attached hydrogens (tertiary/aromatic N) is 1. The molecule has 0 saturated carbocycles. The number of ether oxygens (including phenoxy) is 1. The van der Waals surface area contributed by atoms with Gasteiger partial charge in [0.1, 0.15) is 0 Å². The van der Waals surface area contributed by atoms with E-state index in [-0.39, 0.29) is 30.2 Å². The number of aliphatic hydroxyl groups excluding tert-OH is 1. The molecule has 0 aromatic carbocycles. The van der Waals surface area contributed by atoms with E-state index in [4.69, 9.17) is 14.7 Å². The zero-order valence-electron chi connectivity index (χ0n) is 18.9. The Morgan fingerprint density at radius 3 is 2.00 bits per heavy atom. The summed E-state index contributed by atoms with van der Waals surface area (Å²) in [5.74, 6) is -0.331. The Labute approximate surface area is 193 Å². The van der Waals surface area contributed by atoms with Crippen molar-refractivity contribution in [2.45, 2.75) is 69.6 Å². The van der Waals surface area contributed by atoms with Gasteiger partial charge in [0.05, 0.1) is 6.61 Å². The first-order valence-corrected chi connectivity index (χ1v) is 11.8. The fourth-order valence-corrected chi connectivity index (χ4v) is 4.39. The fraction of sp³-hybridized carbons (Fsp3) is 0.652. The summed E-state index contributed by atoms with van der Waals surface area (Å²) in [4.78, 5) is 28.7. The van der Waals surface area contributed by atoms with Gasteiger partial charge in [0.25, 0.3) is 0 Å². The van der Waals surface area contributed by atoms with Crippen molar-refractivity contribution in [3.63, 3.8) is 0 Å². The number of carbonyl (C=O) groups is 2. The lowest BCUT2D eigenvalue weighted by molar-refractivity contribution is 0.107. The van der Waals surface area contributed by atoms with Gasteiger partial charge < -0.3 is 35.5 Å². The zero-order valence-corrected chi connectivity index (χ0v) is 18.9. The molecular weight excluding hydrogens is 430 g/mol. The molecule has 1 aromatic heterocycles. The lowest BCUT2D eigenvalue weighted by Crippen LogP contribution is -2.32. The van der Waals surface area contributed by atoms with Crippen molar-refractivity contribution in [1.29, 1.82) is 0 Å². The minimum atomic E-state index is -0.744. The van der Waals surface area contributed by atoms with Gasteiger partial charge in [-0.15, -0.1) is 4.73 Å². The Morgan fingerprint density at radius 1 is 0.848 bits per heavy atom. The van der Waals surface area contributed by atoms with E-state index in [0.717, 1.165) is 62.5 Å². The van der Waals surface area contributed by atoms with Gasteiger partial charge >= 0.3 is 12.2 Å². The Balaban J connectivity index is 1.20. The molecule has 2 aliphatic rings. The van der Waals surface area contributed by atoms with E-state index < -0.39 is 12.2 Å². The number of unbranched alkanes of at least 4 members (excludes halogenated alkanes) is 6. The van der Waals surface area contributed by atoms with E-state index >= 15 is 0 Å². The fourth-order valence-electron chi connectivity index (χ4n) is 4.39. The maximum absolute atomic E-state index is 12.0. The highest BCUT2D eigenvalue weighted by atomic mass is 16.7. The van der Waals surface area contributed by atoms with Crippen LogP contribution in [-0.4, -0.2) is 58.5 Å². The van der Waals surface area contributed by atoms with Gasteiger partial charge in [-0.2, -0.15) is 0 Å². The van der Waals surface area contributed by atoms with Crippen LogP contribution in [0.1, 0.15) is 80.8 Å². The molecule has 0 saturated heterocycles. The first-order valence-electron chi connectivity index (χ1n) is 11.8. The predicted molar refractivity (Wildman–Crippen MR) is 120 cm³/mol. The lowest BCUT2D eigenvalue weighted by atomic mass is 10.0. The molecule has 1 aromatic rings. The quantitative estimate of drug-likeness (QED) is 0.210. The first-order chi connectivity index (χ1) is 16.0. The molecule has 0 spiro atoms. The molecule has 184 valence electrons. The van der Waals surface area contributed by atoms with Crippen LogP contribution in [0.25, 0.3) is 0 Å². The molecule has 5 N–H and O–H groups in total. The van der Waals surface area contributed by atoms with Crippen LogP contribution in [0.3, 0.4) is 0 Å². The molecule has 0 radical (unpaired) electrons. The standard InChI is InChI=1S/C23H35N3O7/c27-13-7-3-1-5-11-24-22(30)32-14-8-4-2-6-12-25-23(31)33-26-20(28)18-16-9-10-17(15-16)19(18)21(26)29/h9-10,16-17,27-29H,1-8,11-15H2,(H,24,30)(H,25,31). The van der Waals surface area contributed by atoms with Crippen LogP contribution in [-0.2, 0) is 4.74 Å². The van der Waals surface area contributed by atoms with Crippen LogP contribution in [0.15, 0.2) is 12.2 Å². The number of alkyl carbamates (subject to hydrolysis) is 1. The van der Waals surface area contributed by atoms with Crippen molar-refractivity contribution in [2.24, 2.45) is 0 Å². The van der Waals surface area contributed by atoms with Crippen molar-refractivity contribution in [3.8, 4) is 11.8 Å². The summed E-state index contributed by atoms with van der Waals surface area (Å²) in [5, 5.41) is 34.7. The normalized spacial score (nSPS) is 17.7. The Bertz CT molecular complexity index is 801. The smallest absolute Gasteiger partial charge is 0.432 e. The number of hydrogen-bond acceptors (Lipinski definition) is 7. The van der Waals surface area contributed by atoms with E-state index in [0.29, 0.717) is 30.8 Å². The van der Waals surface area contributed by atoms with E-state index in [1.807, 2.05) is 12.2 Å². The Kier molecular flexibility index (Phi) is 9.29. The van der Waals surface area contributed by atoms with Crippen LogP contribution < -0.4 is 15.5 Å². The minimum Gasteiger partial charge on any atom is -0.492 e. The monoisotopic (exact) mass is 465 g/mol. The maximum atomic E-state index is 12.0. The van der Waals surface area contributed by atoms with Gasteiger partial charge in [-0.05, 0) is 38.5 Å². The average molecular weight is 466 g/mol. The Morgan fingerprint density at radius 2 is 1.39 bits per heavy atom. The summed E-state index contributed by atoms with van der Waals surface area (Å²) in [7, 11) is 0. The van der Waals surface area contributed by atoms with Gasteiger partial charge in [-0.3, -0.25) is 0 Å². The van der Waals surface area contributed by atoms with Gasteiger partial charge in [0.15, 0.2) is 0 Å². The number of allylic oxidation sites excluding steroid dienone is 2. The lowest BCUT2D eigenvalue weighted by Gasteiger charge is -2.10. The number of nitrogens with one attached hydrogen (secondary N) is 2. The highest BCUT2D eigenvalue weighted by Crippen LogP contribution is 2.56. The van der Waals surface area contributed by atoms with Crippen molar-refractivity contribution in [1.82, 2.24) is 15.4 Å². The molecule has 2 amide bonds. The van der Waals surface area contributed by atoms with E-state index in [1.54, 1.807) is 0 Å². The van der Waals surface area contributed by atoms with Gasteiger partial charge in [0, 0.05) is 42.7 Å². The number of aromatic nitrogens is 1. The number of aliphatic hydroxyl groups is 1. The SMILES string of the molecule is O=C(NCCCCCCO)OCCCCCCNC(=O)On1c(O)c2c(c1O)C1C=CC2C1. The second kappa shape index (κ2) is 12.4. The number of fused-ring (bicyclic) bond motifs is 5. The van der Waals surface area contributed by atoms with Crippen LogP contribution in [0.2, 0.25) is 0 Å². The van der Waals surface area contributed by atoms with Gasteiger partial charge in [-0.25, -0.2) is 9.59 Å². The van der Waals surface area contributed by atoms with Crippen LogP contribution in [0.4, 0.5) is 9.59 Å². The average Bonchev–Trinajstić information content (AvgIpc) is 3.48. The summed E-state index contributed by atoms with van der Waals surface area (Å²) < 4.78 is 5.91. The second-order valence-electron chi connectivity index (χ2n) is 8.52. The number of aromatic hydroxyl groups is 2. The molecule has 0 aliphatic heterocycles. The molecule has 2 atom stereocenters. The molecule has 0 fully saturated rings. The minimum absolute atomic E-state index is 0.0567. The van der Waals surface area contributed by atoms with Crippen molar-refractivity contribution in [3.05, 3.63) is 23.3 Å². The van der Waals surface area contributed by atoms with Crippen LogP contribution >= 0.6 is 0 Å². The van der Waals surface area contributed by atoms with Crippen molar-refractivity contribution in [2.75, 3.05) is 26.3 Å². The molecule has 1 heterocycles. The molecule has 2 aliphatic carbocycles. The first kappa shape index (κ1) is 24.8. The largest absolute Gasteiger partial charge is 0.492 e. The highest BCUT2D eigenvalue weighted by Gasteiger charge is 2.42. The third kappa shape index (κ3) is 6.56. The molecular formula is C23H35N3O7. The maximum Gasteiger partial charge on any atom is 0.432 e. The summed E-state index contributed by atoms with van der Waals surface area (Å²) in [6.07, 6.45) is 10.4. The zero-order chi connectivity index (χ0) is 23.6. The van der Waals surface area contributed by atoms with Crippen LogP contribution in [0, 0.1) is 0 Å². The highest BCUT2D eigenvalue weighted by molar-refractivity contribution is 5.68. The molecule has 10 nitrogen and oxygen atoms in total. The summed E-state index contributed by atoms with van der Waals surface area (Å²) in [6.45, 7) is 1.52. The van der Waals surface area contributed by atoms with Gasteiger partial charge in [-0.1, -0.05) is 31.4 Å². The summed E-state index contributed by atoms with van der Waals surface area (Å²) >= 11 is 0. The molecule has 2 bridgehead atoms. The predicted octanol–water partition coefficient (Wildman–Crippen LogP) is 3.02. The number of carbonyl (C=O) groups excluding carboxylic acids is 2. The molecule has 2 unspecified atom stereocenters. The number of hydrogen-bond donors (Lipinski definition) is 5. The van der Waals surface area contributed by atoms with E-state index in [9.17, 15) is 19.8 Å². The van der Waals surface area contributed by atoms with E-state index in [2.05, 4.69) is 10.6 Å². The van der Waals surface area contributed by atoms with Crippen molar-refractivity contribution >= 4 is 12.2 Å². The summed E-state index contributed by atoms with van der Waals surface area (Å²) in [6, 6.07) is 0. The third-order valence-corrected chi connectivity index (χ3v) is 6.08. The van der Waals surface area contributed by atoms with E-state index in [1.165, 1.54) is 0 Å². The third-order valence-electron chi connectivity index (χ3n) is 6.08. The number of rotatable bonds is 14. The Hall–Kier alpha value is -2.88. The van der Waals surface area contributed by atoms with Gasteiger partial charge in [0.2, 0.25) is 11.8 Å². The second-order valence-corrected chi connectivity index (χ2v) is 8.52. The molecule has 3 rings (SSSR count).